The molecule has 0 saturated carbocycles. The highest BCUT2D eigenvalue weighted by Gasteiger charge is 2.36. The van der Waals surface area contributed by atoms with Crippen molar-refractivity contribution in [2.45, 2.75) is 38.3 Å². The maximum atomic E-state index is 11.3. The fourth-order valence-corrected chi connectivity index (χ4v) is 3.85. The van der Waals surface area contributed by atoms with E-state index in [0.29, 0.717) is 19.0 Å². The zero-order valence-electron chi connectivity index (χ0n) is 13.7. The number of rotatable bonds is 3. The van der Waals surface area contributed by atoms with E-state index >= 15 is 0 Å². The normalized spacial score (nSPS) is 27.1. The molecule has 1 aromatic carbocycles. The van der Waals surface area contributed by atoms with Gasteiger partial charge in [-0.3, -0.25) is 9.69 Å². The Morgan fingerprint density at radius 2 is 1.91 bits per heavy atom. The van der Waals surface area contributed by atoms with Gasteiger partial charge in [0.15, 0.2) is 0 Å². The zero-order chi connectivity index (χ0) is 16.4. The second-order valence-electron chi connectivity index (χ2n) is 6.85. The SMILES string of the molecule is Cc1cccc(N2CCC(N3CC[C@H](O)[C@@H](C(=O)O)C3)CC2)c1. The fourth-order valence-electron chi connectivity index (χ4n) is 3.85. The highest BCUT2D eigenvalue weighted by molar-refractivity contribution is 5.71. The molecule has 5 heteroatoms. The lowest BCUT2D eigenvalue weighted by atomic mass is 9.91. The smallest absolute Gasteiger partial charge is 0.310 e. The summed E-state index contributed by atoms with van der Waals surface area (Å²) in [6.45, 7) is 5.41. The molecule has 2 fully saturated rings. The highest BCUT2D eigenvalue weighted by atomic mass is 16.4. The standard InChI is InChI=1S/C18H26N2O3/c1-13-3-2-4-15(11-13)19-8-5-14(6-9-19)20-10-7-17(21)16(12-20)18(22)23/h2-4,11,14,16-17,21H,5-10,12H2,1H3,(H,22,23)/t16-,17-/m0/s1. The maximum absolute atomic E-state index is 11.3. The van der Waals surface area contributed by atoms with Gasteiger partial charge in [-0.2, -0.15) is 0 Å². The summed E-state index contributed by atoms with van der Waals surface area (Å²) in [5.41, 5.74) is 2.56. The first-order chi connectivity index (χ1) is 11.0. The maximum Gasteiger partial charge on any atom is 0.310 e. The van der Waals surface area contributed by atoms with Gasteiger partial charge in [-0.05, 0) is 43.9 Å². The molecule has 5 nitrogen and oxygen atoms in total. The van der Waals surface area contributed by atoms with E-state index < -0.39 is 18.0 Å². The molecule has 0 aromatic heterocycles. The number of carbonyl (C=O) groups is 1. The first kappa shape index (κ1) is 16.3. The summed E-state index contributed by atoms with van der Waals surface area (Å²) < 4.78 is 0. The highest BCUT2D eigenvalue weighted by Crippen LogP contribution is 2.27. The summed E-state index contributed by atoms with van der Waals surface area (Å²) in [7, 11) is 0. The van der Waals surface area contributed by atoms with Crippen LogP contribution in [-0.2, 0) is 4.79 Å². The van der Waals surface area contributed by atoms with Crippen LogP contribution in [0.15, 0.2) is 24.3 Å². The van der Waals surface area contributed by atoms with E-state index in [9.17, 15) is 15.0 Å². The van der Waals surface area contributed by atoms with E-state index in [1.807, 2.05) is 0 Å². The summed E-state index contributed by atoms with van der Waals surface area (Å²) in [6, 6.07) is 9.02. The molecule has 2 heterocycles. The molecule has 23 heavy (non-hydrogen) atoms. The molecular formula is C18H26N2O3. The van der Waals surface area contributed by atoms with Crippen molar-refractivity contribution in [1.82, 2.24) is 4.90 Å². The number of likely N-dealkylation sites (tertiary alicyclic amines) is 1. The molecule has 2 atom stereocenters. The van der Waals surface area contributed by atoms with Crippen molar-refractivity contribution in [3.63, 3.8) is 0 Å². The first-order valence-corrected chi connectivity index (χ1v) is 8.51. The van der Waals surface area contributed by atoms with E-state index in [4.69, 9.17) is 0 Å². The number of aliphatic hydroxyl groups excluding tert-OH is 1. The topological polar surface area (TPSA) is 64.0 Å². The minimum atomic E-state index is -0.876. The van der Waals surface area contributed by atoms with Crippen LogP contribution in [0.3, 0.4) is 0 Å². The number of carboxylic acid groups (broad SMARTS) is 1. The average molecular weight is 318 g/mol. The molecule has 1 aromatic rings. The summed E-state index contributed by atoms with van der Waals surface area (Å²) in [4.78, 5) is 16.0. The van der Waals surface area contributed by atoms with E-state index in [0.717, 1.165) is 32.5 Å². The number of anilines is 1. The van der Waals surface area contributed by atoms with Crippen LogP contribution in [0.5, 0.6) is 0 Å². The van der Waals surface area contributed by atoms with Crippen LogP contribution >= 0.6 is 0 Å². The summed E-state index contributed by atoms with van der Waals surface area (Å²) in [5, 5.41) is 19.1. The molecule has 0 unspecified atom stereocenters. The van der Waals surface area contributed by atoms with E-state index in [-0.39, 0.29) is 0 Å². The first-order valence-electron chi connectivity index (χ1n) is 8.51. The number of nitrogens with zero attached hydrogens (tertiary/aromatic N) is 2. The van der Waals surface area contributed by atoms with Crippen molar-refractivity contribution < 1.29 is 15.0 Å². The minimum absolute atomic E-state index is 0.436. The predicted octanol–water partition coefficient (Wildman–Crippen LogP) is 1.73. The lowest BCUT2D eigenvalue weighted by molar-refractivity contribution is -0.149. The molecule has 0 aliphatic carbocycles. The minimum Gasteiger partial charge on any atom is -0.481 e. The Kier molecular flexibility index (Phi) is 4.87. The number of aliphatic hydroxyl groups is 1. The molecule has 126 valence electrons. The van der Waals surface area contributed by atoms with Crippen molar-refractivity contribution in [2.75, 3.05) is 31.1 Å². The third kappa shape index (κ3) is 3.67. The van der Waals surface area contributed by atoms with Crippen molar-refractivity contribution in [1.29, 1.82) is 0 Å². The van der Waals surface area contributed by atoms with E-state index in [1.165, 1.54) is 11.3 Å². The van der Waals surface area contributed by atoms with E-state index in [2.05, 4.69) is 41.0 Å². The second-order valence-corrected chi connectivity index (χ2v) is 6.85. The van der Waals surface area contributed by atoms with Crippen molar-refractivity contribution in [2.24, 2.45) is 5.92 Å². The Labute approximate surface area is 137 Å². The molecule has 0 amide bonds. The number of piperidine rings is 2. The molecule has 2 saturated heterocycles. The molecule has 2 aliphatic heterocycles. The second kappa shape index (κ2) is 6.89. The Morgan fingerprint density at radius 3 is 2.57 bits per heavy atom. The largest absolute Gasteiger partial charge is 0.481 e. The van der Waals surface area contributed by atoms with Gasteiger partial charge in [-0.25, -0.2) is 0 Å². The Morgan fingerprint density at radius 1 is 1.17 bits per heavy atom. The third-order valence-electron chi connectivity index (χ3n) is 5.27. The van der Waals surface area contributed by atoms with Crippen LogP contribution < -0.4 is 4.90 Å². The van der Waals surface area contributed by atoms with Gasteiger partial charge in [-0.1, -0.05) is 12.1 Å². The van der Waals surface area contributed by atoms with Crippen molar-refractivity contribution in [3.05, 3.63) is 29.8 Å². The number of aliphatic carboxylic acids is 1. The van der Waals surface area contributed by atoms with Crippen LogP contribution in [0.25, 0.3) is 0 Å². The Hall–Kier alpha value is -1.59. The molecular weight excluding hydrogens is 292 g/mol. The fraction of sp³-hybridized carbons (Fsp3) is 0.611. The van der Waals surface area contributed by atoms with Gasteiger partial charge in [-0.15, -0.1) is 0 Å². The van der Waals surface area contributed by atoms with Gasteiger partial charge >= 0.3 is 5.97 Å². The summed E-state index contributed by atoms with van der Waals surface area (Å²) in [6.07, 6.45) is 1.97. The molecule has 0 radical (unpaired) electrons. The lowest BCUT2D eigenvalue weighted by Gasteiger charge is -2.43. The van der Waals surface area contributed by atoms with Crippen molar-refractivity contribution in [3.8, 4) is 0 Å². The molecule has 3 rings (SSSR count). The van der Waals surface area contributed by atoms with Crippen LogP contribution in [0.4, 0.5) is 5.69 Å². The Bertz CT molecular complexity index is 555. The summed E-state index contributed by atoms with van der Waals surface area (Å²) >= 11 is 0. The molecule has 2 N–H and O–H groups in total. The molecule has 0 spiro atoms. The number of hydrogen-bond acceptors (Lipinski definition) is 4. The third-order valence-corrected chi connectivity index (χ3v) is 5.27. The van der Waals surface area contributed by atoms with Crippen molar-refractivity contribution >= 4 is 11.7 Å². The molecule has 2 aliphatic rings. The van der Waals surface area contributed by atoms with Crippen LogP contribution in [-0.4, -0.2) is 59.4 Å². The summed E-state index contributed by atoms with van der Waals surface area (Å²) in [5.74, 6) is -1.52. The quantitative estimate of drug-likeness (QED) is 0.889. The van der Waals surface area contributed by atoms with Gasteiger partial charge in [0.1, 0.15) is 0 Å². The molecule has 0 bridgehead atoms. The average Bonchev–Trinajstić information content (AvgIpc) is 2.55. The van der Waals surface area contributed by atoms with Crippen LogP contribution in [0, 0.1) is 12.8 Å². The van der Waals surface area contributed by atoms with Gasteiger partial charge in [0.25, 0.3) is 0 Å². The Balaban J connectivity index is 1.57. The number of hydrogen-bond donors (Lipinski definition) is 2. The van der Waals surface area contributed by atoms with Crippen LogP contribution in [0.2, 0.25) is 0 Å². The monoisotopic (exact) mass is 318 g/mol. The number of aryl methyl sites for hydroxylation is 1. The number of carboxylic acids is 1. The van der Waals surface area contributed by atoms with Gasteiger partial charge in [0.2, 0.25) is 0 Å². The predicted molar refractivity (Wildman–Crippen MR) is 89.7 cm³/mol. The zero-order valence-corrected chi connectivity index (χ0v) is 13.7. The number of benzene rings is 1. The lowest BCUT2D eigenvalue weighted by Crippen LogP contribution is -2.53. The van der Waals surface area contributed by atoms with Gasteiger partial charge in [0.05, 0.1) is 12.0 Å². The van der Waals surface area contributed by atoms with Crippen LogP contribution in [0.1, 0.15) is 24.8 Å². The van der Waals surface area contributed by atoms with Gasteiger partial charge < -0.3 is 15.1 Å². The van der Waals surface area contributed by atoms with E-state index in [1.54, 1.807) is 0 Å². The van der Waals surface area contributed by atoms with Gasteiger partial charge in [0, 0.05) is 37.9 Å².